The predicted molar refractivity (Wildman–Crippen MR) is 37.9 cm³/mol. The quantitative estimate of drug-likeness (QED) is 0.610. The lowest BCUT2D eigenvalue weighted by atomic mass is 10.2. The highest BCUT2D eigenvalue weighted by molar-refractivity contribution is 4.93. The van der Waals surface area contributed by atoms with Crippen LogP contribution in [0, 0.1) is 6.42 Å². The Hall–Kier alpha value is -0.160. The van der Waals surface area contributed by atoms with Crippen LogP contribution in [-0.2, 0) is 14.2 Å². The van der Waals surface area contributed by atoms with Crippen molar-refractivity contribution in [1.29, 1.82) is 0 Å². The summed E-state index contributed by atoms with van der Waals surface area (Å²) in [6.07, 6.45) is 0.439. The van der Waals surface area contributed by atoms with Crippen molar-refractivity contribution in [2.24, 2.45) is 0 Å². The van der Waals surface area contributed by atoms with Gasteiger partial charge < -0.3 is 19.3 Å². The van der Waals surface area contributed by atoms with E-state index in [1.54, 1.807) is 20.6 Å². The Morgan fingerprint density at radius 2 is 2.27 bits per heavy atom. The molecule has 1 N–H and O–H groups in total. The van der Waals surface area contributed by atoms with E-state index in [0.717, 1.165) is 0 Å². The van der Waals surface area contributed by atoms with Crippen LogP contribution in [0.25, 0.3) is 0 Å². The summed E-state index contributed by atoms with van der Waals surface area (Å²) in [5.74, 6) is 0. The lowest BCUT2D eigenvalue weighted by molar-refractivity contribution is -0.109. The van der Waals surface area contributed by atoms with Gasteiger partial charge in [0.15, 0.2) is 6.29 Å². The minimum atomic E-state index is -0.819. The molecule has 0 aromatic heterocycles. The Kier molecular flexibility index (Phi) is 3.26. The fraction of sp³-hybridized carbons (Fsp3) is 0.857. The third-order valence-electron chi connectivity index (χ3n) is 1.64. The molecule has 1 aliphatic heterocycles. The first-order chi connectivity index (χ1) is 5.27. The van der Waals surface area contributed by atoms with Gasteiger partial charge in [-0.25, -0.2) is 0 Å². The summed E-state index contributed by atoms with van der Waals surface area (Å²) in [5, 5.41) is 9.01. The van der Waals surface area contributed by atoms with Crippen molar-refractivity contribution in [1.82, 2.24) is 0 Å². The van der Waals surface area contributed by atoms with Crippen molar-refractivity contribution >= 4 is 0 Å². The second-order valence-electron chi connectivity index (χ2n) is 2.41. The second kappa shape index (κ2) is 4.01. The summed E-state index contributed by atoms with van der Waals surface area (Å²) < 4.78 is 15.0. The molecule has 0 aromatic carbocycles. The highest BCUT2D eigenvalue weighted by atomic mass is 16.6. The van der Waals surface area contributed by atoms with Crippen molar-refractivity contribution in [2.45, 2.75) is 18.5 Å². The van der Waals surface area contributed by atoms with Gasteiger partial charge in [0.2, 0.25) is 0 Å². The molecule has 1 saturated heterocycles. The molecule has 0 bridgehead atoms. The largest absolute Gasteiger partial charge is 0.382 e. The van der Waals surface area contributed by atoms with E-state index in [4.69, 9.17) is 19.3 Å². The monoisotopic (exact) mass is 161 g/mol. The van der Waals surface area contributed by atoms with Crippen LogP contribution in [0.5, 0.6) is 0 Å². The average Bonchev–Trinajstić information content (AvgIpc) is 2.32. The molecule has 1 radical (unpaired) electrons. The van der Waals surface area contributed by atoms with Crippen LogP contribution < -0.4 is 0 Å². The number of rotatable bonds is 3. The minimum Gasteiger partial charge on any atom is -0.382 e. The molecule has 0 aromatic rings. The Morgan fingerprint density at radius 1 is 1.55 bits per heavy atom. The van der Waals surface area contributed by atoms with E-state index in [2.05, 4.69) is 0 Å². The van der Waals surface area contributed by atoms with Crippen LogP contribution in [0.2, 0.25) is 0 Å². The zero-order valence-electron chi connectivity index (χ0n) is 6.69. The van der Waals surface area contributed by atoms with Crippen LogP contribution in [0.1, 0.15) is 0 Å². The number of hydrogen-bond donors (Lipinski definition) is 1. The number of ether oxygens (including phenoxy) is 3. The standard InChI is InChI=1S/C7H13O4/c1-9-4-6-5(10-2)3-7(8)11-6/h3,5-8H,4H2,1-2H3. The topological polar surface area (TPSA) is 47.9 Å². The number of aliphatic hydroxyl groups excluding tert-OH is 1. The van der Waals surface area contributed by atoms with E-state index in [9.17, 15) is 0 Å². The van der Waals surface area contributed by atoms with Crippen molar-refractivity contribution in [3.05, 3.63) is 6.42 Å². The van der Waals surface area contributed by atoms with E-state index in [1.807, 2.05) is 0 Å². The summed E-state index contributed by atoms with van der Waals surface area (Å²) in [5.41, 5.74) is 0. The maximum absolute atomic E-state index is 9.01. The smallest absolute Gasteiger partial charge is 0.161 e. The summed E-state index contributed by atoms with van der Waals surface area (Å²) >= 11 is 0. The van der Waals surface area contributed by atoms with Crippen LogP contribution >= 0.6 is 0 Å². The first-order valence-corrected chi connectivity index (χ1v) is 3.48. The zero-order valence-corrected chi connectivity index (χ0v) is 6.69. The molecule has 1 aliphatic rings. The summed E-state index contributed by atoms with van der Waals surface area (Å²) in [6, 6.07) is 0. The minimum absolute atomic E-state index is 0.162. The van der Waals surface area contributed by atoms with E-state index in [-0.39, 0.29) is 12.2 Å². The third-order valence-corrected chi connectivity index (χ3v) is 1.64. The van der Waals surface area contributed by atoms with Crippen molar-refractivity contribution in [2.75, 3.05) is 20.8 Å². The highest BCUT2D eigenvalue weighted by Crippen LogP contribution is 2.19. The second-order valence-corrected chi connectivity index (χ2v) is 2.41. The van der Waals surface area contributed by atoms with Crippen LogP contribution in [0.4, 0.5) is 0 Å². The molecule has 0 amide bonds. The van der Waals surface area contributed by atoms with Gasteiger partial charge in [0.1, 0.15) is 6.10 Å². The first-order valence-electron chi connectivity index (χ1n) is 3.48. The average molecular weight is 161 g/mol. The van der Waals surface area contributed by atoms with Gasteiger partial charge >= 0.3 is 0 Å². The normalized spacial score (nSPS) is 37.9. The number of methoxy groups -OCH3 is 2. The molecular weight excluding hydrogens is 148 g/mol. The van der Waals surface area contributed by atoms with E-state index in [1.165, 1.54) is 0 Å². The van der Waals surface area contributed by atoms with Crippen molar-refractivity contribution in [3.63, 3.8) is 0 Å². The van der Waals surface area contributed by atoms with Crippen LogP contribution in [-0.4, -0.2) is 44.4 Å². The van der Waals surface area contributed by atoms with Gasteiger partial charge in [-0.15, -0.1) is 0 Å². The van der Waals surface area contributed by atoms with Gasteiger partial charge in [-0.2, -0.15) is 0 Å². The zero-order chi connectivity index (χ0) is 8.27. The van der Waals surface area contributed by atoms with E-state index < -0.39 is 6.29 Å². The molecule has 1 rings (SSSR count). The molecule has 4 nitrogen and oxygen atoms in total. The summed E-state index contributed by atoms with van der Waals surface area (Å²) in [7, 11) is 3.16. The molecule has 0 aliphatic carbocycles. The van der Waals surface area contributed by atoms with Crippen molar-refractivity contribution < 1.29 is 19.3 Å². The number of hydrogen-bond acceptors (Lipinski definition) is 4. The van der Waals surface area contributed by atoms with Gasteiger partial charge in [-0.05, 0) is 0 Å². The highest BCUT2D eigenvalue weighted by Gasteiger charge is 2.34. The Bertz CT molecular complexity index is 117. The van der Waals surface area contributed by atoms with E-state index in [0.29, 0.717) is 6.61 Å². The SMILES string of the molecule is COCC1OC(O)[CH]C1OC. The molecule has 1 fully saturated rings. The molecule has 11 heavy (non-hydrogen) atoms. The molecule has 4 heteroatoms. The lowest BCUT2D eigenvalue weighted by Gasteiger charge is -2.14. The fourth-order valence-corrected chi connectivity index (χ4v) is 1.12. The summed E-state index contributed by atoms with van der Waals surface area (Å²) in [6.45, 7) is 0.437. The Balaban J connectivity index is 2.37. The molecule has 3 unspecified atom stereocenters. The van der Waals surface area contributed by atoms with E-state index >= 15 is 0 Å². The Morgan fingerprint density at radius 3 is 2.82 bits per heavy atom. The maximum Gasteiger partial charge on any atom is 0.161 e. The molecule has 3 atom stereocenters. The Labute approximate surface area is 66.1 Å². The number of aliphatic hydroxyl groups is 1. The van der Waals surface area contributed by atoms with Gasteiger partial charge in [0.25, 0.3) is 0 Å². The maximum atomic E-state index is 9.01. The third kappa shape index (κ3) is 2.13. The molecule has 0 spiro atoms. The summed E-state index contributed by atoms with van der Waals surface area (Å²) in [4.78, 5) is 0. The van der Waals surface area contributed by atoms with Gasteiger partial charge in [0, 0.05) is 20.6 Å². The predicted octanol–water partition coefficient (Wildman–Crippen LogP) is -0.431. The molecule has 65 valence electrons. The molecular formula is C7H13O4. The van der Waals surface area contributed by atoms with Gasteiger partial charge in [-0.1, -0.05) is 0 Å². The molecule has 1 heterocycles. The van der Waals surface area contributed by atoms with Crippen LogP contribution in [0.15, 0.2) is 0 Å². The van der Waals surface area contributed by atoms with Crippen LogP contribution in [0.3, 0.4) is 0 Å². The first kappa shape index (κ1) is 8.93. The van der Waals surface area contributed by atoms with Gasteiger partial charge in [0.05, 0.1) is 12.7 Å². The lowest BCUT2D eigenvalue weighted by Crippen LogP contribution is -2.27. The van der Waals surface area contributed by atoms with Crippen molar-refractivity contribution in [3.8, 4) is 0 Å². The van der Waals surface area contributed by atoms with Gasteiger partial charge in [-0.3, -0.25) is 0 Å². The molecule has 0 saturated carbocycles. The fourth-order valence-electron chi connectivity index (χ4n) is 1.12.